The number of nitrogens with one attached hydrogen (secondary N) is 2. The van der Waals surface area contributed by atoms with Crippen LogP contribution in [-0.4, -0.2) is 42.7 Å². The smallest absolute Gasteiger partial charge is 0.271 e. The number of hydrogen-bond donors (Lipinski definition) is 2. The summed E-state index contributed by atoms with van der Waals surface area (Å²) < 4.78 is 27.1. The number of sulfonamides is 1. The predicted molar refractivity (Wildman–Crippen MR) is 100 cm³/mol. The first kappa shape index (κ1) is 17.5. The first-order valence-electron chi connectivity index (χ1n) is 7.86. The highest BCUT2D eigenvalue weighted by atomic mass is 32.2. The third kappa shape index (κ3) is 3.51. The van der Waals surface area contributed by atoms with Crippen LogP contribution in [0.15, 0.2) is 52.0 Å². The van der Waals surface area contributed by atoms with E-state index in [2.05, 4.69) is 20.2 Å². The quantitative estimate of drug-likeness (QED) is 0.711. The molecule has 4 rings (SSSR count). The average molecular weight is 403 g/mol. The number of amides is 2. The summed E-state index contributed by atoms with van der Waals surface area (Å²) in [6.45, 7) is 0.327. The number of nitrogens with zero attached hydrogens (tertiary/aromatic N) is 3. The summed E-state index contributed by atoms with van der Waals surface area (Å²) in [5, 5.41) is 0.388. The van der Waals surface area contributed by atoms with Crippen molar-refractivity contribution in [3.8, 4) is 0 Å². The summed E-state index contributed by atoms with van der Waals surface area (Å²) in [5.41, 5.74) is 6.13. The van der Waals surface area contributed by atoms with Gasteiger partial charge in [-0.15, -0.1) is 4.40 Å². The molecule has 0 saturated carbocycles. The van der Waals surface area contributed by atoms with Crippen molar-refractivity contribution in [1.29, 1.82) is 0 Å². The van der Waals surface area contributed by atoms with Gasteiger partial charge in [-0.3, -0.25) is 25.4 Å². The van der Waals surface area contributed by atoms with Gasteiger partial charge >= 0.3 is 0 Å². The Labute approximate surface area is 158 Å². The number of carbonyl (C=O) groups excluding carboxylic acids is 2. The molecule has 2 aromatic rings. The van der Waals surface area contributed by atoms with Crippen LogP contribution in [0.2, 0.25) is 0 Å². The molecule has 2 amide bonds. The van der Waals surface area contributed by atoms with Crippen molar-refractivity contribution in [2.75, 3.05) is 17.2 Å². The van der Waals surface area contributed by atoms with Gasteiger partial charge in [-0.1, -0.05) is 0 Å². The second-order valence-corrected chi connectivity index (χ2v) is 8.51. The Kier molecular flexibility index (Phi) is 4.32. The first-order valence-corrected chi connectivity index (χ1v) is 10.3. The van der Waals surface area contributed by atoms with Gasteiger partial charge in [-0.05, 0) is 42.1 Å². The molecular formula is C16H13N5O4S2. The van der Waals surface area contributed by atoms with Crippen molar-refractivity contribution in [2.45, 2.75) is 4.90 Å². The number of aromatic nitrogens is 1. The fourth-order valence-electron chi connectivity index (χ4n) is 2.63. The zero-order valence-corrected chi connectivity index (χ0v) is 15.4. The third-order valence-electron chi connectivity index (χ3n) is 3.95. The van der Waals surface area contributed by atoms with Gasteiger partial charge in [0.05, 0.1) is 17.0 Å². The molecule has 9 nitrogen and oxygen atoms in total. The SMILES string of the molecule is O=C(NNC(=O)c1ccc2c(c1)SC1=NS(=O)(=O)CCN12)c1cccnc1. The molecule has 1 aromatic carbocycles. The molecule has 2 N–H and O–H groups in total. The molecule has 0 saturated heterocycles. The Morgan fingerprint density at radius 1 is 1.11 bits per heavy atom. The Morgan fingerprint density at radius 3 is 2.63 bits per heavy atom. The molecule has 0 bridgehead atoms. The Balaban J connectivity index is 1.47. The minimum atomic E-state index is -3.43. The van der Waals surface area contributed by atoms with Crippen molar-refractivity contribution in [3.63, 3.8) is 0 Å². The van der Waals surface area contributed by atoms with Gasteiger partial charge in [0.2, 0.25) is 0 Å². The van der Waals surface area contributed by atoms with Crippen LogP contribution in [0.1, 0.15) is 20.7 Å². The number of amidine groups is 1. The molecule has 138 valence electrons. The minimum absolute atomic E-state index is 0.0425. The second kappa shape index (κ2) is 6.67. The minimum Gasteiger partial charge on any atom is -0.318 e. The molecule has 2 aliphatic rings. The van der Waals surface area contributed by atoms with Crippen LogP contribution in [0.4, 0.5) is 5.69 Å². The lowest BCUT2D eigenvalue weighted by molar-refractivity contribution is 0.0846. The van der Waals surface area contributed by atoms with Crippen LogP contribution in [0, 0.1) is 0 Å². The van der Waals surface area contributed by atoms with Crippen LogP contribution >= 0.6 is 11.8 Å². The summed E-state index contributed by atoms with van der Waals surface area (Å²) in [5.74, 6) is -1.02. The van der Waals surface area contributed by atoms with Gasteiger partial charge < -0.3 is 4.90 Å². The molecule has 0 radical (unpaired) electrons. The molecular weight excluding hydrogens is 390 g/mol. The van der Waals surface area contributed by atoms with Gasteiger partial charge in [0.15, 0.2) is 5.17 Å². The van der Waals surface area contributed by atoms with Gasteiger partial charge in [0.25, 0.3) is 21.8 Å². The van der Waals surface area contributed by atoms with Crippen LogP contribution in [0.3, 0.4) is 0 Å². The van der Waals surface area contributed by atoms with E-state index in [1.807, 2.05) is 4.90 Å². The van der Waals surface area contributed by atoms with Crippen LogP contribution in [-0.2, 0) is 10.0 Å². The number of rotatable bonds is 2. The molecule has 3 heterocycles. The Bertz CT molecular complexity index is 1070. The number of anilines is 1. The summed E-state index contributed by atoms with van der Waals surface area (Å²) in [7, 11) is -3.43. The molecule has 0 spiro atoms. The Hall–Kier alpha value is -2.92. The van der Waals surface area contributed by atoms with Crippen LogP contribution in [0.25, 0.3) is 0 Å². The topological polar surface area (TPSA) is 121 Å². The van der Waals surface area contributed by atoms with E-state index in [9.17, 15) is 18.0 Å². The van der Waals surface area contributed by atoms with Crippen LogP contribution in [0.5, 0.6) is 0 Å². The zero-order valence-electron chi connectivity index (χ0n) is 13.7. The summed E-state index contributed by atoms with van der Waals surface area (Å²) in [6, 6.07) is 8.17. The lowest BCUT2D eigenvalue weighted by Crippen LogP contribution is -2.41. The maximum Gasteiger partial charge on any atom is 0.271 e. The molecule has 11 heteroatoms. The van der Waals surface area contributed by atoms with Gasteiger partial charge in [0.1, 0.15) is 0 Å². The summed E-state index contributed by atoms with van der Waals surface area (Å²) >= 11 is 1.20. The first-order chi connectivity index (χ1) is 12.9. The van der Waals surface area contributed by atoms with Crippen molar-refractivity contribution in [2.24, 2.45) is 4.40 Å². The lowest BCUT2D eigenvalue weighted by Gasteiger charge is -2.22. The number of hydrogen-bond acceptors (Lipinski definition) is 7. The average Bonchev–Trinajstić information content (AvgIpc) is 3.01. The van der Waals surface area contributed by atoms with E-state index in [0.717, 1.165) is 10.6 Å². The number of pyridine rings is 1. The Morgan fingerprint density at radius 2 is 1.89 bits per heavy atom. The summed E-state index contributed by atoms with van der Waals surface area (Å²) in [6.07, 6.45) is 2.93. The van der Waals surface area contributed by atoms with Crippen molar-refractivity contribution < 1.29 is 18.0 Å². The molecule has 0 unspecified atom stereocenters. The highest BCUT2D eigenvalue weighted by Gasteiger charge is 2.33. The third-order valence-corrected chi connectivity index (χ3v) is 6.25. The molecule has 2 aliphatic heterocycles. The number of hydrazine groups is 1. The van der Waals surface area contributed by atoms with Crippen molar-refractivity contribution >= 4 is 44.5 Å². The molecule has 0 fully saturated rings. The molecule has 27 heavy (non-hydrogen) atoms. The monoisotopic (exact) mass is 403 g/mol. The van der Waals surface area contributed by atoms with Crippen molar-refractivity contribution in [3.05, 3.63) is 53.9 Å². The number of fused-ring (bicyclic) bond motifs is 3. The standard InChI is InChI=1S/C16H13N5O4S2/c22-14(18-19-15(23)11-2-1-5-17-9-11)10-3-4-12-13(8-10)26-16-20-27(24,25)7-6-21(12)16/h1-5,8-9H,6-7H2,(H,18,22)(H,19,23). The van der Waals surface area contributed by atoms with Gasteiger partial charge in [-0.2, -0.15) is 0 Å². The lowest BCUT2D eigenvalue weighted by atomic mass is 10.2. The van der Waals surface area contributed by atoms with Gasteiger partial charge in [-0.25, -0.2) is 8.42 Å². The zero-order chi connectivity index (χ0) is 19.0. The van der Waals surface area contributed by atoms with Crippen LogP contribution < -0.4 is 15.8 Å². The largest absolute Gasteiger partial charge is 0.318 e. The van der Waals surface area contributed by atoms with E-state index >= 15 is 0 Å². The fraction of sp³-hybridized carbons (Fsp3) is 0.125. The number of thioether (sulfide) groups is 1. The number of carbonyl (C=O) groups is 2. The highest BCUT2D eigenvalue weighted by molar-refractivity contribution is 8.15. The van der Waals surface area contributed by atoms with E-state index < -0.39 is 21.8 Å². The van der Waals surface area contributed by atoms with Crippen molar-refractivity contribution in [1.82, 2.24) is 15.8 Å². The predicted octanol–water partition coefficient (Wildman–Crippen LogP) is 0.768. The maximum absolute atomic E-state index is 12.3. The molecule has 0 atom stereocenters. The molecule has 1 aromatic heterocycles. The van der Waals surface area contributed by atoms with Gasteiger partial charge in [0, 0.05) is 29.4 Å². The maximum atomic E-state index is 12.3. The summed E-state index contributed by atoms with van der Waals surface area (Å²) in [4.78, 5) is 30.6. The normalized spacial score (nSPS) is 16.7. The highest BCUT2D eigenvalue weighted by Crippen LogP contribution is 2.42. The van der Waals surface area contributed by atoms with E-state index in [0.29, 0.717) is 22.8 Å². The fourth-order valence-corrected chi connectivity index (χ4v) is 4.92. The number of benzene rings is 1. The molecule has 0 aliphatic carbocycles. The van der Waals surface area contributed by atoms with E-state index in [1.54, 1.807) is 36.5 Å². The van der Waals surface area contributed by atoms with E-state index in [4.69, 9.17) is 0 Å². The van der Waals surface area contributed by atoms with E-state index in [1.165, 1.54) is 18.0 Å². The van der Waals surface area contributed by atoms with E-state index in [-0.39, 0.29) is 5.75 Å². The second-order valence-electron chi connectivity index (χ2n) is 5.75.